The third-order valence-electron chi connectivity index (χ3n) is 2.81. The van der Waals surface area contributed by atoms with Crippen molar-refractivity contribution in [2.24, 2.45) is 0 Å². The highest BCUT2D eigenvalue weighted by Crippen LogP contribution is 2.37. The van der Waals surface area contributed by atoms with Gasteiger partial charge in [-0.05, 0) is 31.2 Å². The van der Waals surface area contributed by atoms with Crippen LogP contribution >= 0.6 is 23.2 Å². The van der Waals surface area contributed by atoms with Crippen molar-refractivity contribution in [2.75, 3.05) is 11.8 Å². The summed E-state index contributed by atoms with van der Waals surface area (Å²) >= 11 is 11.8. The lowest BCUT2D eigenvalue weighted by Gasteiger charge is -2.13. The Morgan fingerprint density at radius 1 is 1.05 bits per heavy atom. The van der Waals surface area contributed by atoms with Gasteiger partial charge < -0.3 is 4.74 Å². The Balaban J connectivity index is 2.45. The van der Waals surface area contributed by atoms with E-state index in [2.05, 4.69) is 4.72 Å². The first kappa shape index (κ1) is 15.9. The highest BCUT2D eigenvalue weighted by molar-refractivity contribution is 7.92. The number of sulfonamides is 1. The minimum absolute atomic E-state index is 0.0174. The predicted octanol–water partition coefficient (Wildman–Crippen LogP) is 4.11. The van der Waals surface area contributed by atoms with E-state index >= 15 is 0 Å². The van der Waals surface area contributed by atoms with Gasteiger partial charge in [0.1, 0.15) is 9.92 Å². The van der Waals surface area contributed by atoms with Crippen LogP contribution in [0.4, 0.5) is 5.69 Å². The molecule has 2 aromatic rings. The fourth-order valence-electron chi connectivity index (χ4n) is 1.75. The molecule has 0 heterocycles. The first-order valence-corrected chi connectivity index (χ1v) is 8.20. The Morgan fingerprint density at radius 2 is 1.67 bits per heavy atom. The summed E-state index contributed by atoms with van der Waals surface area (Å²) in [6.07, 6.45) is 0. The van der Waals surface area contributed by atoms with Gasteiger partial charge in [0.25, 0.3) is 10.0 Å². The second-order valence-corrected chi connectivity index (χ2v) is 6.80. The molecule has 21 heavy (non-hydrogen) atoms. The number of methoxy groups -OCH3 is 1. The first-order chi connectivity index (χ1) is 9.85. The highest BCUT2D eigenvalue weighted by atomic mass is 35.5. The molecule has 0 aliphatic carbocycles. The van der Waals surface area contributed by atoms with E-state index < -0.39 is 10.0 Å². The fraction of sp³-hybridized carbons (Fsp3) is 0.143. The lowest BCUT2D eigenvalue weighted by atomic mass is 10.2. The molecule has 0 atom stereocenters. The smallest absolute Gasteiger partial charge is 0.265 e. The average Bonchev–Trinajstić information content (AvgIpc) is 2.43. The molecular formula is C14H13Cl2NO3S. The molecule has 2 aromatic carbocycles. The van der Waals surface area contributed by atoms with Crippen LogP contribution in [0.3, 0.4) is 0 Å². The summed E-state index contributed by atoms with van der Waals surface area (Å²) in [7, 11) is -2.49. The summed E-state index contributed by atoms with van der Waals surface area (Å²) in [5, 5.41) is 0.286. The minimum Gasteiger partial charge on any atom is -0.494 e. The van der Waals surface area contributed by atoms with Crippen LogP contribution in [-0.4, -0.2) is 15.5 Å². The second-order valence-electron chi connectivity index (χ2n) is 4.36. The van der Waals surface area contributed by atoms with Crippen LogP contribution in [0.1, 0.15) is 5.56 Å². The number of ether oxygens (including phenoxy) is 1. The Kier molecular flexibility index (Phi) is 4.66. The van der Waals surface area contributed by atoms with E-state index in [1.54, 1.807) is 12.1 Å². The van der Waals surface area contributed by atoms with Gasteiger partial charge in [0.2, 0.25) is 0 Å². The third kappa shape index (κ3) is 3.43. The van der Waals surface area contributed by atoms with Crippen molar-refractivity contribution >= 4 is 38.9 Å². The number of aryl methyl sites for hydroxylation is 1. The SMILES string of the molecule is COc1c(S(=O)(=O)Nc2ccc(C)cc2)ccc(Cl)c1Cl. The van der Waals surface area contributed by atoms with E-state index in [-0.39, 0.29) is 20.7 Å². The van der Waals surface area contributed by atoms with Crippen LogP contribution in [0.2, 0.25) is 10.0 Å². The van der Waals surface area contributed by atoms with Crippen molar-refractivity contribution < 1.29 is 13.2 Å². The Morgan fingerprint density at radius 3 is 2.24 bits per heavy atom. The minimum atomic E-state index is -3.83. The summed E-state index contributed by atoms with van der Waals surface area (Å²) in [5.41, 5.74) is 1.48. The van der Waals surface area contributed by atoms with Gasteiger partial charge in [-0.3, -0.25) is 4.72 Å². The van der Waals surface area contributed by atoms with Crippen molar-refractivity contribution in [3.8, 4) is 5.75 Å². The van der Waals surface area contributed by atoms with Crippen molar-refractivity contribution in [1.29, 1.82) is 0 Å². The molecule has 4 nitrogen and oxygen atoms in total. The molecule has 2 rings (SSSR count). The van der Waals surface area contributed by atoms with Crippen LogP contribution in [0.25, 0.3) is 0 Å². The molecule has 0 aliphatic rings. The summed E-state index contributed by atoms with van der Waals surface area (Å²) in [5.74, 6) is 0.0174. The monoisotopic (exact) mass is 345 g/mol. The average molecular weight is 346 g/mol. The number of anilines is 1. The van der Waals surface area contributed by atoms with Gasteiger partial charge in [0, 0.05) is 5.69 Å². The predicted molar refractivity (Wildman–Crippen MR) is 85.0 cm³/mol. The fourth-order valence-corrected chi connectivity index (χ4v) is 3.43. The maximum atomic E-state index is 12.4. The summed E-state index contributed by atoms with van der Waals surface area (Å²) in [6.45, 7) is 1.92. The van der Waals surface area contributed by atoms with Crippen LogP contribution in [0, 0.1) is 6.92 Å². The number of halogens is 2. The van der Waals surface area contributed by atoms with Gasteiger partial charge in [-0.15, -0.1) is 0 Å². The number of nitrogens with one attached hydrogen (secondary N) is 1. The van der Waals surface area contributed by atoms with Gasteiger partial charge in [0.05, 0.1) is 12.1 Å². The molecule has 0 amide bonds. The topological polar surface area (TPSA) is 55.4 Å². The number of benzene rings is 2. The lowest BCUT2D eigenvalue weighted by Crippen LogP contribution is -2.14. The Hall–Kier alpha value is -1.43. The van der Waals surface area contributed by atoms with E-state index in [0.29, 0.717) is 5.69 Å². The zero-order valence-electron chi connectivity index (χ0n) is 11.4. The largest absolute Gasteiger partial charge is 0.494 e. The third-order valence-corrected chi connectivity index (χ3v) is 5.00. The maximum Gasteiger partial charge on any atom is 0.265 e. The first-order valence-electron chi connectivity index (χ1n) is 5.96. The van der Waals surface area contributed by atoms with Crippen LogP contribution in [0.5, 0.6) is 5.75 Å². The quantitative estimate of drug-likeness (QED) is 0.906. The van der Waals surface area contributed by atoms with Crippen LogP contribution in [0.15, 0.2) is 41.3 Å². The number of hydrogen-bond donors (Lipinski definition) is 1. The van der Waals surface area contributed by atoms with Crippen molar-refractivity contribution in [2.45, 2.75) is 11.8 Å². The molecule has 7 heteroatoms. The van der Waals surface area contributed by atoms with Gasteiger partial charge in [-0.25, -0.2) is 8.42 Å². The van der Waals surface area contributed by atoms with Crippen LogP contribution < -0.4 is 9.46 Å². The van der Waals surface area contributed by atoms with Gasteiger partial charge in [-0.2, -0.15) is 0 Å². The molecule has 1 N–H and O–H groups in total. The number of rotatable bonds is 4. The molecule has 0 aliphatic heterocycles. The van der Waals surface area contributed by atoms with Crippen molar-refractivity contribution in [3.05, 3.63) is 52.0 Å². The highest BCUT2D eigenvalue weighted by Gasteiger charge is 2.23. The molecule has 0 unspecified atom stereocenters. The van der Waals surface area contributed by atoms with Gasteiger partial charge in [-0.1, -0.05) is 40.9 Å². The molecule has 0 saturated heterocycles. The second kappa shape index (κ2) is 6.13. The van der Waals surface area contributed by atoms with E-state index in [1.165, 1.54) is 19.2 Å². The van der Waals surface area contributed by atoms with E-state index in [1.807, 2.05) is 19.1 Å². The summed E-state index contributed by atoms with van der Waals surface area (Å²) in [6, 6.07) is 9.74. The molecule has 0 spiro atoms. The standard InChI is InChI=1S/C14H13Cl2NO3S/c1-9-3-5-10(6-4-9)17-21(18,19)12-8-7-11(15)13(16)14(12)20-2/h3-8,17H,1-2H3. The number of hydrogen-bond acceptors (Lipinski definition) is 3. The van der Waals surface area contributed by atoms with Gasteiger partial charge >= 0.3 is 0 Å². The van der Waals surface area contributed by atoms with E-state index in [9.17, 15) is 8.42 Å². The van der Waals surface area contributed by atoms with Crippen LogP contribution in [-0.2, 0) is 10.0 Å². The molecule has 0 aromatic heterocycles. The summed E-state index contributed by atoms with van der Waals surface area (Å²) < 4.78 is 32.4. The Labute approximate surface area is 133 Å². The Bertz CT molecular complexity index is 759. The molecular weight excluding hydrogens is 333 g/mol. The van der Waals surface area contributed by atoms with Crippen molar-refractivity contribution in [3.63, 3.8) is 0 Å². The van der Waals surface area contributed by atoms with E-state index in [4.69, 9.17) is 27.9 Å². The molecule has 0 saturated carbocycles. The molecule has 0 radical (unpaired) electrons. The molecule has 112 valence electrons. The maximum absolute atomic E-state index is 12.4. The zero-order valence-corrected chi connectivity index (χ0v) is 13.7. The molecule has 0 fully saturated rings. The van der Waals surface area contributed by atoms with Gasteiger partial charge in [0.15, 0.2) is 5.75 Å². The normalized spacial score (nSPS) is 11.2. The zero-order chi connectivity index (χ0) is 15.6. The molecule has 0 bridgehead atoms. The van der Waals surface area contributed by atoms with Crippen molar-refractivity contribution in [1.82, 2.24) is 0 Å². The van der Waals surface area contributed by atoms with E-state index in [0.717, 1.165) is 5.56 Å². The summed E-state index contributed by atoms with van der Waals surface area (Å²) in [4.78, 5) is -0.0695. The lowest BCUT2D eigenvalue weighted by molar-refractivity contribution is 0.403.